The third-order valence-corrected chi connectivity index (χ3v) is 3.97. The third-order valence-electron chi connectivity index (χ3n) is 3.97. The predicted octanol–water partition coefficient (Wildman–Crippen LogP) is -0.107. The number of hydrogen-bond donors (Lipinski definition) is 2. The van der Waals surface area contributed by atoms with E-state index in [1.54, 1.807) is 0 Å². The molecule has 0 saturated carbocycles. The molecule has 0 spiro atoms. The lowest BCUT2D eigenvalue weighted by Gasteiger charge is -2.40. The van der Waals surface area contributed by atoms with E-state index < -0.39 is 0 Å². The van der Waals surface area contributed by atoms with Gasteiger partial charge >= 0.3 is 0 Å². The zero-order chi connectivity index (χ0) is 11.4. The maximum absolute atomic E-state index is 5.76. The molecule has 0 aliphatic carbocycles. The molecule has 0 bridgehead atoms. The van der Waals surface area contributed by atoms with E-state index in [1.807, 2.05) is 0 Å². The molecular formula is C12H25N3O. The molecule has 0 radical (unpaired) electrons. The van der Waals surface area contributed by atoms with Gasteiger partial charge in [-0.05, 0) is 38.9 Å². The highest BCUT2D eigenvalue weighted by Gasteiger charge is 2.36. The lowest BCUT2D eigenvalue weighted by atomic mass is 9.86. The summed E-state index contributed by atoms with van der Waals surface area (Å²) in [5.74, 6) is 0.893. The second kappa shape index (κ2) is 5.45. The Morgan fingerprint density at radius 2 is 2.31 bits per heavy atom. The summed E-state index contributed by atoms with van der Waals surface area (Å²) < 4.78 is 5.25. The van der Waals surface area contributed by atoms with E-state index in [9.17, 15) is 0 Å². The fourth-order valence-corrected chi connectivity index (χ4v) is 2.60. The van der Waals surface area contributed by atoms with Gasteiger partial charge in [0.25, 0.3) is 0 Å². The summed E-state index contributed by atoms with van der Waals surface area (Å²) in [4.78, 5) is 2.42. The first-order valence-corrected chi connectivity index (χ1v) is 6.41. The number of ether oxygens (including phenoxy) is 1. The maximum Gasteiger partial charge on any atom is 0.0569 e. The lowest BCUT2D eigenvalue weighted by molar-refractivity contribution is -0.104. The number of nitrogens with one attached hydrogen (secondary N) is 1. The van der Waals surface area contributed by atoms with Crippen molar-refractivity contribution in [2.75, 3.05) is 53.0 Å². The molecule has 2 aliphatic heterocycles. The van der Waals surface area contributed by atoms with E-state index in [-0.39, 0.29) is 5.41 Å². The van der Waals surface area contributed by atoms with Crippen LogP contribution < -0.4 is 11.1 Å². The summed E-state index contributed by atoms with van der Waals surface area (Å²) in [5.41, 5.74) is 6.01. The Kier molecular flexibility index (Phi) is 4.19. The summed E-state index contributed by atoms with van der Waals surface area (Å²) in [6.45, 7) is 7.10. The van der Waals surface area contributed by atoms with Gasteiger partial charge in [-0.3, -0.25) is 0 Å². The maximum atomic E-state index is 5.76. The van der Waals surface area contributed by atoms with E-state index in [1.165, 1.54) is 25.9 Å². The normalized spacial score (nSPS) is 29.2. The van der Waals surface area contributed by atoms with Crippen molar-refractivity contribution in [2.45, 2.75) is 12.8 Å². The smallest absolute Gasteiger partial charge is 0.0569 e. The number of hydrogen-bond acceptors (Lipinski definition) is 4. The highest BCUT2D eigenvalue weighted by molar-refractivity contribution is 4.88. The standard InChI is InChI=1S/C12H25N3O/c1-15-5-3-11(6-15)2-4-14-8-12(7-13)9-16-10-12/h11,14H,2-10,13H2,1H3. The van der Waals surface area contributed by atoms with Gasteiger partial charge in [-0.25, -0.2) is 0 Å². The molecule has 0 aromatic rings. The minimum absolute atomic E-state index is 0.243. The van der Waals surface area contributed by atoms with E-state index in [2.05, 4.69) is 17.3 Å². The van der Waals surface area contributed by atoms with E-state index in [4.69, 9.17) is 10.5 Å². The molecule has 2 rings (SSSR count). The molecule has 2 saturated heterocycles. The average Bonchev–Trinajstić information content (AvgIpc) is 2.62. The zero-order valence-corrected chi connectivity index (χ0v) is 10.4. The van der Waals surface area contributed by atoms with Crippen LogP contribution in [0.15, 0.2) is 0 Å². The fourth-order valence-electron chi connectivity index (χ4n) is 2.60. The Balaban J connectivity index is 1.55. The summed E-state index contributed by atoms with van der Waals surface area (Å²) in [7, 11) is 2.21. The van der Waals surface area contributed by atoms with Crippen molar-refractivity contribution in [1.29, 1.82) is 0 Å². The Bertz CT molecular complexity index is 213. The van der Waals surface area contributed by atoms with Crippen LogP contribution in [0.2, 0.25) is 0 Å². The number of nitrogens with zero attached hydrogens (tertiary/aromatic N) is 1. The first kappa shape index (κ1) is 12.3. The third kappa shape index (κ3) is 2.94. The number of rotatable bonds is 6. The van der Waals surface area contributed by atoms with Gasteiger partial charge in [-0.1, -0.05) is 0 Å². The van der Waals surface area contributed by atoms with Crippen molar-refractivity contribution in [3.63, 3.8) is 0 Å². The molecule has 2 aliphatic rings. The highest BCUT2D eigenvalue weighted by atomic mass is 16.5. The van der Waals surface area contributed by atoms with Crippen molar-refractivity contribution in [3.8, 4) is 0 Å². The summed E-state index contributed by atoms with van der Waals surface area (Å²) in [6, 6.07) is 0. The average molecular weight is 227 g/mol. The molecule has 4 nitrogen and oxygen atoms in total. The molecule has 0 aromatic carbocycles. The van der Waals surface area contributed by atoms with Crippen LogP contribution in [-0.4, -0.2) is 57.9 Å². The molecule has 2 heterocycles. The van der Waals surface area contributed by atoms with E-state index in [0.29, 0.717) is 0 Å². The zero-order valence-electron chi connectivity index (χ0n) is 10.4. The van der Waals surface area contributed by atoms with E-state index in [0.717, 1.165) is 38.8 Å². The van der Waals surface area contributed by atoms with Gasteiger partial charge in [-0.2, -0.15) is 0 Å². The highest BCUT2D eigenvalue weighted by Crippen LogP contribution is 2.25. The lowest BCUT2D eigenvalue weighted by Crippen LogP contribution is -2.54. The van der Waals surface area contributed by atoms with Gasteiger partial charge in [0.1, 0.15) is 0 Å². The molecule has 16 heavy (non-hydrogen) atoms. The predicted molar refractivity (Wildman–Crippen MR) is 65.4 cm³/mol. The van der Waals surface area contributed by atoms with Crippen molar-refractivity contribution in [1.82, 2.24) is 10.2 Å². The molecule has 1 atom stereocenters. The van der Waals surface area contributed by atoms with Crippen LogP contribution >= 0.6 is 0 Å². The summed E-state index contributed by atoms with van der Waals surface area (Å²) in [5, 5.41) is 3.54. The Morgan fingerprint density at radius 1 is 1.50 bits per heavy atom. The van der Waals surface area contributed by atoms with E-state index >= 15 is 0 Å². The summed E-state index contributed by atoms with van der Waals surface area (Å²) >= 11 is 0. The van der Waals surface area contributed by atoms with Gasteiger partial charge in [0.2, 0.25) is 0 Å². The molecule has 2 fully saturated rings. The molecule has 0 aromatic heterocycles. The molecule has 94 valence electrons. The SMILES string of the molecule is CN1CCC(CCNCC2(CN)COC2)C1. The van der Waals surface area contributed by atoms with Crippen molar-refractivity contribution < 1.29 is 4.74 Å². The second-order valence-electron chi connectivity index (χ2n) is 5.58. The Labute approximate surface area is 98.5 Å². The molecule has 4 heteroatoms. The van der Waals surface area contributed by atoms with Crippen molar-refractivity contribution in [3.05, 3.63) is 0 Å². The van der Waals surface area contributed by atoms with Crippen LogP contribution in [-0.2, 0) is 4.74 Å². The first-order valence-electron chi connectivity index (χ1n) is 6.41. The number of nitrogens with two attached hydrogens (primary N) is 1. The molecule has 3 N–H and O–H groups in total. The fraction of sp³-hybridized carbons (Fsp3) is 1.00. The van der Waals surface area contributed by atoms with Crippen LogP contribution in [0.1, 0.15) is 12.8 Å². The molecule has 0 amide bonds. The van der Waals surface area contributed by atoms with Gasteiger partial charge in [0, 0.05) is 25.0 Å². The van der Waals surface area contributed by atoms with Crippen LogP contribution in [0.3, 0.4) is 0 Å². The molecular weight excluding hydrogens is 202 g/mol. The quantitative estimate of drug-likeness (QED) is 0.622. The van der Waals surface area contributed by atoms with Crippen molar-refractivity contribution >= 4 is 0 Å². The van der Waals surface area contributed by atoms with Gasteiger partial charge in [0.05, 0.1) is 13.2 Å². The Hall–Kier alpha value is -0.160. The van der Waals surface area contributed by atoms with Crippen molar-refractivity contribution in [2.24, 2.45) is 17.1 Å². The van der Waals surface area contributed by atoms with Gasteiger partial charge in [-0.15, -0.1) is 0 Å². The van der Waals surface area contributed by atoms with Crippen LogP contribution in [0.4, 0.5) is 0 Å². The van der Waals surface area contributed by atoms with Gasteiger partial charge < -0.3 is 20.7 Å². The topological polar surface area (TPSA) is 50.5 Å². The largest absolute Gasteiger partial charge is 0.380 e. The molecule has 1 unspecified atom stereocenters. The second-order valence-corrected chi connectivity index (χ2v) is 5.58. The van der Waals surface area contributed by atoms with Crippen LogP contribution in [0.5, 0.6) is 0 Å². The minimum Gasteiger partial charge on any atom is -0.380 e. The van der Waals surface area contributed by atoms with Crippen LogP contribution in [0.25, 0.3) is 0 Å². The van der Waals surface area contributed by atoms with Crippen LogP contribution in [0, 0.1) is 11.3 Å². The number of likely N-dealkylation sites (tertiary alicyclic amines) is 1. The first-order chi connectivity index (χ1) is 7.74. The summed E-state index contributed by atoms with van der Waals surface area (Å²) in [6.07, 6.45) is 2.66. The van der Waals surface area contributed by atoms with Gasteiger partial charge in [0.15, 0.2) is 0 Å². The minimum atomic E-state index is 0.243. The Morgan fingerprint density at radius 3 is 2.81 bits per heavy atom. The monoisotopic (exact) mass is 227 g/mol.